The molecule has 0 radical (unpaired) electrons. The van der Waals surface area contributed by atoms with Gasteiger partial charge >= 0.3 is 0 Å². The highest BCUT2D eigenvalue weighted by atomic mass is 16.2. The maximum Gasteiger partial charge on any atom is 0.271 e. The molecule has 3 heterocycles. The van der Waals surface area contributed by atoms with E-state index in [1.54, 1.807) is 11.0 Å². The number of hydrogen-bond donors (Lipinski definition) is 3. The molecule has 1 atom stereocenters. The summed E-state index contributed by atoms with van der Waals surface area (Å²) in [4.78, 5) is 38.5. The van der Waals surface area contributed by atoms with Crippen LogP contribution in [0.15, 0.2) is 48.6 Å². The van der Waals surface area contributed by atoms with Crippen molar-refractivity contribution in [2.24, 2.45) is 0 Å². The van der Waals surface area contributed by atoms with Crippen LogP contribution in [0.2, 0.25) is 0 Å². The van der Waals surface area contributed by atoms with Crippen LogP contribution in [0, 0.1) is 12.3 Å². The number of aromatic nitrogens is 3. The highest BCUT2D eigenvalue weighted by molar-refractivity contribution is 6.00. The van der Waals surface area contributed by atoms with Gasteiger partial charge in [-0.25, -0.2) is 9.97 Å². The van der Waals surface area contributed by atoms with Crippen molar-refractivity contribution in [2.45, 2.75) is 19.4 Å². The number of rotatable bonds is 6. The van der Waals surface area contributed by atoms with Crippen molar-refractivity contribution in [1.29, 1.82) is 0 Å². The number of carbonyl (C=O) groups excluding carboxylic acids is 2. The van der Waals surface area contributed by atoms with Gasteiger partial charge in [0, 0.05) is 32.1 Å². The number of nitrogens with zero attached hydrogens (tertiary/aromatic N) is 3. The standard InChI is InChI=1S/C24H24N6O2/c1-3-18-11-7-8-14-30(18)24(32)20-15-19-22(26-13-12-25-16(2)31)28-21(29-23(19)27-20)17-9-5-4-6-10-17/h1,4-10,15,18H,11-14H2,2H3,(H,25,31)(H2,26,27,28,29). The van der Waals surface area contributed by atoms with E-state index in [1.807, 2.05) is 42.5 Å². The Morgan fingerprint density at radius 3 is 2.78 bits per heavy atom. The van der Waals surface area contributed by atoms with Gasteiger partial charge in [-0.2, -0.15) is 0 Å². The van der Waals surface area contributed by atoms with Crippen molar-refractivity contribution in [3.05, 3.63) is 54.2 Å². The first-order valence-corrected chi connectivity index (χ1v) is 10.4. The highest BCUT2D eigenvalue weighted by Crippen LogP contribution is 2.27. The summed E-state index contributed by atoms with van der Waals surface area (Å²) < 4.78 is 0. The highest BCUT2D eigenvalue weighted by Gasteiger charge is 2.26. The zero-order chi connectivity index (χ0) is 22.5. The number of nitrogens with one attached hydrogen (secondary N) is 3. The number of benzene rings is 1. The Morgan fingerprint density at radius 2 is 2.03 bits per heavy atom. The molecule has 0 fully saturated rings. The molecule has 8 heteroatoms. The number of terminal acetylenes is 1. The fraction of sp³-hybridized carbons (Fsp3) is 0.250. The number of amides is 2. The third-order valence-electron chi connectivity index (χ3n) is 5.20. The minimum absolute atomic E-state index is 0.0993. The summed E-state index contributed by atoms with van der Waals surface area (Å²) in [5, 5.41) is 6.69. The maximum absolute atomic E-state index is 13.2. The van der Waals surface area contributed by atoms with Crippen molar-refractivity contribution >= 4 is 28.7 Å². The number of carbonyl (C=O) groups is 2. The summed E-state index contributed by atoms with van der Waals surface area (Å²) in [7, 11) is 0. The molecular weight excluding hydrogens is 404 g/mol. The minimum atomic E-state index is -0.278. The Hall–Kier alpha value is -4.12. The van der Waals surface area contributed by atoms with Crippen LogP contribution in [-0.4, -0.2) is 57.3 Å². The SMILES string of the molecule is C#CC1CC=CCN1C(=O)c1cc2c(NCCNC(C)=O)nc(-c3ccccc3)nc2[nH]1. The van der Waals surface area contributed by atoms with Crippen molar-refractivity contribution in [3.63, 3.8) is 0 Å². The first-order valence-electron chi connectivity index (χ1n) is 10.4. The van der Waals surface area contributed by atoms with Crippen LogP contribution in [0.5, 0.6) is 0 Å². The van der Waals surface area contributed by atoms with Gasteiger partial charge in [-0.3, -0.25) is 9.59 Å². The molecule has 4 rings (SSSR count). The summed E-state index contributed by atoms with van der Waals surface area (Å²) in [6, 6.07) is 11.1. The Balaban J connectivity index is 1.70. The normalized spacial score (nSPS) is 15.4. The van der Waals surface area contributed by atoms with E-state index >= 15 is 0 Å². The average molecular weight is 428 g/mol. The van der Waals surface area contributed by atoms with Crippen LogP contribution in [0.1, 0.15) is 23.8 Å². The van der Waals surface area contributed by atoms with Crippen LogP contribution in [0.3, 0.4) is 0 Å². The van der Waals surface area contributed by atoms with Crippen LogP contribution in [0.4, 0.5) is 5.82 Å². The van der Waals surface area contributed by atoms with Crippen molar-refractivity contribution in [3.8, 4) is 23.7 Å². The van der Waals surface area contributed by atoms with Gasteiger partial charge in [-0.1, -0.05) is 48.4 Å². The lowest BCUT2D eigenvalue weighted by molar-refractivity contribution is -0.118. The fourth-order valence-electron chi connectivity index (χ4n) is 3.60. The lowest BCUT2D eigenvalue weighted by atomic mass is 10.1. The molecule has 1 aliphatic rings. The Morgan fingerprint density at radius 1 is 1.22 bits per heavy atom. The smallest absolute Gasteiger partial charge is 0.271 e. The number of fused-ring (bicyclic) bond motifs is 1. The van der Waals surface area contributed by atoms with E-state index < -0.39 is 0 Å². The molecule has 0 bridgehead atoms. The second kappa shape index (κ2) is 9.35. The molecule has 1 aliphatic heterocycles. The van der Waals surface area contributed by atoms with E-state index in [2.05, 4.69) is 31.5 Å². The molecule has 162 valence electrons. The van der Waals surface area contributed by atoms with Gasteiger partial charge in [0.15, 0.2) is 5.82 Å². The van der Waals surface area contributed by atoms with E-state index in [1.165, 1.54) is 6.92 Å². The van der Waals surface area contributed by atoms with Gasteiger partial charge in [-0.15, -0.1) is 6.42 Å². The van der Waals surface area contributed by atoms with Crippen LogP contribution in [-0.2, 0) is 4.79 Å². The zero-order valence-corrected chi connectivity index (χ0v) is 17.8. The molecule has 3 aromatic rings. The first kappa shape index (κ1) is 21.1. The number of H-pyrrole nitrogens is 1. The van der Waals surface area contributed by atoms with E-state index in [0.717, 1.165) is 5.56 Å². The van der Waals surface area contributed by atoms with Gasteiger partial charge in [0.1, 0.15) is 17.2 Å². The quantitative estimate of drug-likeness (QED) is 0.318. The van der Waals surface area contributed by atoms with E-state index in [4.69, 9.17) is 6.42 Å². The molecule has 1 unspecified atom stereocenters. The number of hydrogen-bond acceptors (Lipinski definition) is 5. The molecule has 3 N–H and O–H groups in total. The molecule has 0 spiro atoms. The molecule has 32 heavy (non-hydrogen) atoms. The van der Waals surface area contributed by atoms with Gasteiger partial charge in [0.05, 0.1) is 11.4 Å². The Kier molecular flexibility index (Phi) is 6.17. The van der Waals surface area contributed by atoms with Crippen LogP contribution < -0.4 is 10.6 Å². The van der Waals surface area contributed by atoms with Crippen LogP contribution in [0.25, 0.3) is 22.4 Å². The predicted octanol–water partition coefficient (Wildman–Crippen LogP) is 2.58. The summed E-state index contributed by atoms with van der Waals surface area (Å²) in [5.74, 6) is 3.53. The summed E-state index contributed by atoms with van der Waals surface area (Å²) >= 11 is 0. The van der Waals surface area contributed by atoms with Crippen LogP contribution >= 0.6 is 0 Å². The van der Waals surface area contributed by atoms with Gasteiger partial charge in [0.25, 0.3) is 5.91 Å². The Bertz CT molecular complexity index is 1210. The minimum Gasteiger partial charge on any atom is -0.368 e. The van der Waals surface area contributed by atoms with Gasteiger partial charge < -0.3 is 20.5 Å². The summed E-state index contributed by atoms with van der Waals surface area (Å²) in [5.41, 5.74) is 1.81. The lowest BCUT2D eigenvalue weighted by Crippen LogP contribution is -2.41. The molecule has 0 saturated carbocycles. The third kappa shape index (κ3) is 4.47. The molecular formula is C24H24N6O2. The molecule has 1 aromatic carbocycles. The molecule has 0 saturated heterocycles. The monoisotopic (exact) mass is 428 g/mol. The second-order valence-corrected chi connectivity index (χ2v) is 7.46. The van der Waals surface area contributed by atoms with Gasteiger partial charge in [-0.05, 0) is 12.5 Å². The maximum atomic E-state index is 13.2. The molecule has 2 aromatic heterocycles. The van der Waals surface area contributed by atoms with Gasteiger partial charge in [0.2, 0.25) is 5.91 Å². The van der Waals surface area contributed by atoms with Crippen molar-refractivity contribution < 1.29 is 9.59 Å². The molecule has 2 amide bonds. The topological polar surface area (TPSA) is 103 Å². The largest absolute Gasteiger partial charge is 0.368 e. The first-order chi connectivity index (χ1) is 15.6. The fourth-order valence-corrected chi connectivity index (χ4v) is 3.60. The third-order valence-corrected chi connectivity index (χ3v) is 5.20. The van der Waals surface area contributed by atoms with E-state index in [-0.39, 0.29) is 17.9 Å². The van der Waals surface area contributed by atoms with Crippen molar-refractivity contribution in [1.82, 2.24) is 25.2 Å². The predicted molar refractivity (Wildman–Crippen MR) is 124 cm³/mol. The summed E-state index contributed by atoms with van der Waals surface area (Å²) in [6.45, 7) is 2.86. The van der Waals surface area contributed by atoms with E-state index in [9.17, 15) is 9.59 Å². The number of aromatic amines is 1. The summed E-state index contributed by atoms with van der Waals surface area (Å²) in [6.07, 6.45) is 10.2. The average Bonchev–Trinajstić information content (AvgIpc) is 3.26. The number of anilines is 1. The second-order valence-electron chi connectivity index (χ2n) is 7.46. The van der Waals surface area contributed by atoms with E-state index in [0.29, 0.717) is 54.4 Å². The molecule has 8 nitrogen and oxygen atoms in total. The Labute approximate surface area is 186 Å². The van der Waals surface area contributed by atoms with Crippen molar-refractivity contribution in [2.75, 3.05) is 25.0 Å². The molecule has 0 aliphatic carbocycles. The zero-order valence-electron chi connectivity index (χ0n) is 17.8. The lowest BCUT2D eigenvalue weighted by Gasteiger charge is -2.28.